The van der Waals surface area contributed by atoms with E-state index in [4.69, 9.17) is 17.2 Å². The topological polar surface area (TPSA) is 231 Å². The number of phenolic OH excluding ortho intramolecular Hbond substituents is 1. The molecule has 4 amide bonds. The number of primary amides is 1. The molecule has 1 saturated heterocycles. The summed E-state index contributed by atoms with van der Waals surface area (Å²) in [5, 5.41) is 24.0. The highest BCUT2D eigenvalue weighted by Gasteiger charge is 2.39. The van der Waals surface area contributed by atoms with Crippen molar-refractivity contribution < 1.29 is 34.2 Å². The number of likely N-dealkylation sites (tertiary alicyclic amines) is 1. The molecule has 0 radical (unpaired) electrons. The van der Waals surface area contributed by atoms with E-state index in [0.717, 1.165) is 0 Å². The molecule has 10 N–H and O–H groups in total. The Balaban J connectivity index is 2.09. The van der Waals surface area contributed by atoms with E-state index in [-0.39, 0.29) is 25.1 Å². The van der Waals surface area contributed by atoms with Crippen molar-refractivity contribution in [3.05, 3.63) is 29.8 Å². The lowest BCUT2D eigenvalue weighted by atomic mass is 10.0. The van der Waals surface area contributed by atoms with Gasteiger partial charge in [-0.15, -0.1) is 0 Å². The second-order valence-electron chi connectivity index (χ2n) is 9.08. The van der Waals surface area contributed by atoms with Gasteiger partial charge in [0.2, 0.25) is 23.6 Å². The van der Waals surface area contributed by atoms with Gasteiger partial charge in [-0.2, -0.15) is 0 Å². The van der Waals surface area contributed by atoms with Crippen LogP contribution in [0.25, 0.3) is 0 Å². The minimum Gasteiger partial charge on any atom is -0.508 e. The number of rotatable bonds is 14. The van der Waals surface area contributed by atoms with Crippen molar-refractivity contribution >= 4 is 29.6 Å². The van der Waals surface area contributed by atoms with Crippen LogP contribution in [-0.2, 0) is 30.4 Å². The number of hydrogen-bond donors (Lipinski definition) is 7. The van der Waals surface area contributed by atoms with E-state index >= 15 is 0 Å². The number of amides is 4. The lowest BCUT2D eigenvalue weighted by Crippen LogP contribution is -2.57. The standard InChI is InChI=1S/C24H36N6O7/c25-10-2-1-4-16(26)21(33)28-17(13-20(27)32)23(35)30-11-3-5-19(30)22(34)29-18(24(36)37)12-14-6-8-15(31)9-7-14/h6-9,16-19,31H,1-5,10-13,25-26H2,(H2,27,32)(H,28,33)(H,29,34)(H,36,37)/t16-,17+,18+,19+/m1/s1. The molecule has 1 heterocycles. The Morgan fingerprint density at radius 3 is 2.32 bits per heavy atom. The predicted octanol–water partition coefficient (Wildman–Crippen LogP) is -1.69. The van der Waals surface area contributed by atoms with E-state index in [2.05, 4.69) is 10.6 Å². The minimum atomic E-state index is -1.31. The van der Waals surface area contributed by atoms with Gasteiger partial charge < -0.3 is 42.9 Å². The number of nitrogens with zero attached hydrogens (tertiary/aromatic N) is 1. The largest absolute Gasteiger partial charge is 0.508 e. The van der Waals surface area contributed by atoms with E-state index in [1.54, 1.807) is 12.1 Å². The van der Waals surface area contributed by atoms with Crippen LogP contribution in [-0.4, -0.2) is 82.0 Å². The molecule has 2 rings (SSSR count). The Morgan fingerprint density at radius 2 is 1.73 bits per heavy atom. The molecule has 0 aliphatic carbocycles. The van der Waals surface area contributed by atoms with Crippen LogP contribution in [0.2, 0.25) is 0 Å². The number of nitrogens with two attached hydrogens (primary N) is 3. The molecule has 0 saturated carbocycles. The van der Waals surface area contributed by atoms with Crippen LogP contribution in [0.3, 0.4) is 0 Å². The van der Waals surface area contributed by atoms with E-state index in [1.165, 1.54) is 17.0 Å². The zero-order valence-corrected chi connectivity index (χ0v) is 20.6. The predicted molar refractivity (Wildman–Crippen MR) is 133 cm³/mol. The lowest BCUT2D eigenvalue weighted by molar-refractivity contribution is -0.145. The van der Waals surface area contributed by atoms with Crippen molar-refractivity contribution in [2.75, 3.05) is 13.1 Å². The number of hydrogen-bond acceptors (Lipinski definition) is 8. The van der Waals surface area contributed by atoms with Gasteiger partial charge in [-0.3, -0.25) is 19.2 Å². The third-order valence-electron chi connectivity index (χ3n) is 6.16. The third-order valence-corrected chi connectivity index (χ3v) is 6.16. The highest BCUT2D eigenvalue weighted by molar-refractivity contribution is 5.96. The monoisotopic (exact) mass is 520 g/mol. The number of carboxylic acid groups (broad SMARTS) is 1. The van der Waals surface area contributed by atoms with Crippen LogP contribution in [0.1, 0.15) is 44.1 Å². The first-order chi connectivity index (χ1) is 17.5. The number of nitrogens with one attached hydrogen (secondary N) is 2. The Bertz CT molecular complexity index is 971. The van der Waals surface area contributed by atoms with Crippen molar-refractivity contribution in [3.63, 3.8) is 0 Å². The second kappa shape index (κ2) is 14.1. The number of unbranched alkanes of at least 4 members (excludes halogenated alkanes) is 1. The van der Waals surface area contributed by atoms with Crippen LogP contribution in [0.15, 0.2) is 24.3 Å². The molecule has 0 spiro atoms. The SMILES string of the molecule is NCCCC[C@@H](N)C(=O)N[C@@H](CC(N)=O)C(=O)N1CCC[C@H]1C(=O)N[C@@H](Cc1ccc(O)cc1)C(=O)O. The fourth-order valence-corrected chi connectivity index (χ4v) is 4.16. The highest BCUT2D eigenvalue weighted by Crippen LogP contribution is 2.20. The number of aliphatic carboxylic acids is 1. The molecule has 13 nitrogen and oxygen atoms in total. The van der Waals surface area contributed by atoms with Gasteiger partial charge in [-0.25, -0.2) is 4.79 Å². The molecule has 0 aromatic heterocycles. The molecule has 1 aliphatic rings. The molecule has 0 bridgehead atoms. The van der Waals surface area contributed by atoms with Gasteiger partial charge in [0.05, 0.1) is 12.5 Å². The van der Waals surface area contributed by atoms with Gasteiger partial charge >= 0.3 is 5.97 Å². The van der Waals surface area contributed by atoms with Gasteiger partial charge in [0.1, 0.15) is 23.9 Å². The van der Waals surface area contributed by atoms with Crippen molar-refractivity contribution in [1.29, 1.82) is 0 Å². The second-order valence-corrected chi connectivity index (χ2v) is 9.08. The maximum absolute atomic E-state index is 13.3. The van der Waals surface area contributed by atoms with E-state index in [0.29, 0.717) is 37.8 Å². The van der Waals surface area contributed by atoms with Crippen LogP contribution in [0, 0.1) is 0 Å². The normalized spacial score (nSPS) is 17.5. The average molecular weight is 521 g/mol. The van der Waals surface area contributed by atoms with Gasteiger partial charge in [0, 0.05) is 13.0 Å². The summed E-state index contributed by atoms with van der Waals surface area (Å²) >= 11 is 0. The molecule has 1 fully saturated rings. The average Bonchev–Trinajstić information content (AvgIpc) is 3.34. The summed E-state index contributed by atoms with van der Waals surface area (Å²) in [6.45, 7) is 0.632. The van der Waals surface area contributed by atoms with Crippen molar-refractivity contribution in [3.8, 4) is 5.75 Å². The number of benzene rings is 1. The molecule has 1 aromatic carbocycles. The molecule has 0 unspecified atom stereocenters. The van der Waals surface area contributed by atoms with Crippen LogP contribution in [0.4, 0.5) is 0 Å². The van der Waals surface area contributed by atoms with Gasteiger partial charge in [0.25, 0.3) is 0 Å². The molecule has 4 atom stereocenters. The first-order valence-corrected chi connectivity index (χ1v) is 12.2. The zero-order chi connectivity index (χ0) is 27.5. The van der Waals surface area contributed by atoms with E-state index in [9.17, 15) is 34.2 Å². The van der Waals surface area contributed by atoms with Crippen LogP contribution < -0.4 is 27.8 Å². The number of aromatic hydroxyl groups is 1. The first-order valence-electron chi connectivity index (χ1n) is 12.2. The third kappa shape index (κ3) is 9.03. The summed E-state index contributed by atoms with van der Waals surface area (Å²) in [5.41, 5.74) is 17.2. The molecular weight excluding hydrogens is 484 g/mol. The van der Waals surface area contributed by atoms with Crippen LogP contribution in [0.5, 0.6) is 5.75 Å². The van der Waals surface area contributed by atoms with E-state index < -0.39 is 60.2 Å². The summed E-state index contributed by atoms with van der Waals surface area (Å²) in [4.78, 5) is 63.5. The fraction of sp³-hybridized carbons (Fsp3) is 0.542. The van der Waals surface area contributed by atoms with E-state index in [1.807, 2.05) is 0 Å². The Hall–Kier alpha value is -3.71. The number of carboxylic acids is 1. The molecular formula is C24H36N6O7. The maximum Gasteiger partial charge on any atom is 0.326 e. The Morgan fingerprint density at radius 1 is 1.05 bits per heavy atom. The summed E-state index contributed by atoms with van der Waals surface area (Å²) in [6, 6.07) is 1.41. The molecule has 204 valence electrons. The maximum atomic E-state index is 13.3. The van der Waals surface area contributed by atoms with Gasteiger partial charge in [-0.05, 0) is 49.9 Å². The highest BCUT2D eigenvalue weighted by atomic mass is 16.4. The lowest BCUT2D eigenvalue weighted by Gasteiger charge is -2.29. The summed E-state index contributed by atoms with van der Waals surface area (Å²) in [6.07, 6.45) is 1.86. The first kappa shape index (κ1) is 29.5. The number of phenols is 1. The van der Waals surface area contributed by atoms with Gasteiger partial charge in [0.15, 0.2) is 0 Å². The minimum absolute atomic E-state index is 0.0221. The van der Waals surface area contributed by atoms with Crippen LogP contribution >= 0.6 is 0 Å². The fourth-order valence-electron chi connectivity index (χ4n) is 4.16. The zero-order valence-electron chi connectivity index (χ0n) is 20.6. The summed E-state index contributed by atoms with van der Waals surface area (Å²) in [5.74, 6) is -4.04. The van der Waals surface area contributed by atoms with Crippen molar-refractivity contribution in [2.45, 2.75) is 69.1 Å². The quantitative estimate of drug-likeness (QED) is 0.138. The smallest absolute Gasteiger partial charge is 0.326 e. The number of carbonyl (C=O) groups excluding carboxylic acids is 4. The number of carbonyl (C=O) groups is 5. The Labute approximate surface area is 214 Å². The summed E-state index contributed by atoms with van der Waals surface area (Å²) in [7, 11) is 0. The molecule has 13 heteroatoms. The molecule has 1 aromatic rings. The van der Waals surface area contributed by atoms with Crippen molar-refractivity contribution in [1.82, 2.24) is 15.5 Å². The van der Waals surface area contributed by atoms with Crippen molar-refractivity contribution in [2.24, 2.45) is 17.2 Å². The molecule has 37 heavy (non-hydrogen) atoms. The Kier molecular flexibility index (Phi) is 11.3. The van der Waals surface area contributed by atoms with Gasteiger partial charge in [-0.1, -0.05) is 18.6 Å². The summed E-state index contributed by atoms with van der Waals surface area (Å²) < 4.78 is 0. The molecule has 1 aliphatic heterocycles.